The lowest BCUT2D eigenvalue weighted by Gasteiger charge is -2.10. The fourth-order valence-electron chi connectivity index (χ4n) is 3.61. The SMILES string of the molecule is CCOc1ccc(NC(=O)Cn2nc(-c3ccc(OC)cc3)n(-c3ccccc3C)c2=S)cc1. The van der Waals surface area contributed by atoms with Crippen LogP contribution < -0.4 is 14.8 Å². The van der Waals surface area contributed by atoms with Crippen LogP contribution in [0.2, 0.25) is 0 Å². The number of amides is 1. The molecule has 0 bridgehead atoms. The van der Waals surface area contributed by atoms with Crippen molar-refractivity contribution in [1.29, 1.82) is 0 Å². The third-order valence-corrected chi connectivity index (χ3v) is 5.68. The van der Waals surface area contributed by atoms with Crippen molar-refractivity contribution in [3.63, 3.8) is 0 Å². The average Bonchev–Trinajstić information content (AvgIpc) is 3.16. The van der Waals surface area contributed by atoms with E-state index in [9.17, 15) is 4.79 Å². The third kappa shape index (κ3) is 5.02. The van der Waals surface area contributed by atoms with Gasteiger partial charge >= 0.3 is 0 Å². The van der Waals surface area contributed by atoms with E-state index in [1.54, 1.807) is 23.9 Å². The first-order chi connectivity index (χ1) is 16.5. The molecule has 4 rings (SSSR count). The molecule has 7 nitrogen and oxygen atoms in total. The van der Waals surface area contributed by atoms with Gasteiger partial charge in [0.25, 0.3) is 0 Å². The summed E-state index contributed by atoms with van der Waals surface area (Å²) in [6, 6.07) is 22.8. The maximum Gasteiger partial charge on any atom is 0.246 e. The number of carbonyl (C=O) groups excluding carboxylic acids is 1. The zero-order valence-electron chi connectivity index (χ0n) is 19.3. The third-order valence-electron chi connectivity index (χ3n) is 5.29. The van der Waals surface area contributed by atoms with Crippen LogP contribution in [0.25, 0.3) is 17.1 Å². The van der Waals surface area contributed by atoms with E-state index in [4.69, 9.17) is 26.8 Å². The van der Waals surface area contributed by atoms with E-state index in [-0.39, 0.29) is 12.5 Å². The van der Waals surface area contributed by atoms with Gasteiger partial charge < -0.3 is 14.8 Å². The number of carbonyl (C=O) groups is 1. The van der Waals surface area contributed by atoms with Crippen molar-refractivity contribution in [2.24, 2.45) is 0 Å². The molecule has 8 heteroatoms. The quantitative estimate of drug-likeness (QED) is 0.345. The van der Waals surface area contributed by atoms with Crippen LogP contribution in [0.15, 0.2) is 72.8 Å². The summed E-state index contributed by atoms with van der Waals surface area (Å²) in [5, 5.41) is 7.62. The second kappa shape index (κ2) is 10.4. The van der Waals surface area contributed by atoms with Crippen molar-refractivity contribution in [1.82, 2.24) is 14.3 Å². The standard InChI is InChI=1S/C26H26N4O3S/c1-4-33-22-15-11-20(12-16-22)27-24(31)17-29-26(34)30(23-8-6-5-7-18(23)2)25(28-29)19-9-13-21(32-3)14-10-19/h5-16H,4,17H2,1-3H3,(H,27,31). The van der Waals surface area contributed by atoms with Crippen LogP contribution in [0.3, 0.4) is 0 Å². The number of nitrogens with one attached hydrogen (secondary N) is 1. The van der Waals surface area contributed by atoms with E-state index in [0.29, 0.717) is 22.9 Å². The Morgan fingerprint density at radius 2 is 1.68 bits per heavy atom. The Hall–Kier alpha value is -3.91. The van der Waals surface area contributed by atoms with Crippen LogP contribution in [-0.4, -0.2) is 34.0 Å². The van der Waals surface area contributed by atoms with E-state index in [0.717, 1.165) is 28.3 Å². The van der Waals surface area contributed by atoms with Gasteiger partial charge in [-0.25, -0.2) is 4.68 Å². The molecular weight excluding hydrogens is 448 g/mol. The van der Waals surface area contributed by atoms with Gasteiger partial charge in [0.15, 0.2) is 5.82 Å². The summed E-state index contributed by atoms with van der Waals surface area (Å²) < 4.78 is 14.6. The minimum atomic E-state index is -0.226. The Balaban J connectivity index is 1.67. The fourth-order valence-corrected chi connectivity index (χ4v) is 3.90. The number of methoxy groups -OCH3 is 1. The topological polar surface area (TPSA) is 70.3 Å². The smallest absolute Gasteiger partial charge is 0.246 e. The largest absolute Gasteiger partial charge is 0.497 e. The van der Waals surface area contributed by atoms with Gasteiger partial charge in [0.1, 0.15) is 18.0 Å². The van der Waals surface area contributed by atoms with Crippen molar-refractivity contribution < 1.29 is 14.3 Å². The summed E-state index contributed by atoms with van der Waals surface area (Å²) in [4.78, 5) is 12.8. The van der Waals surface area contributed by atoms with Crippen LogP contribution in [0, 0.1) is 11.7 Å². The van der Waals surface area contributed by atoms with Crippen molar-refractivity contribution >= 4 is 23.8 Å². The highest BCUT2D eigenvalue weighted by molar-refractivity contribution is 7.71. The number of ether oxygens (including phenoxy) is 2. The minimum Gasteiger partial charge on any atom is -0.497 e. The van der Waals surface area contributed by atoms with Crippen molar-refractivity contribution in [2.45, 2.75) is 20.4 Å². The van der Waals surface area contributed by atoms with Crippen LogP contribution in [0.5, 0.6) is 11.5 Å². The molecule has 0 aliphatic carbocycles. The van der Waals surface area contributed by atoms with Gasteiger partial charge in [0.2, 0.25) is 10.7 Å². The molecule has 1 heterocycles. The number of benzene rings is 3. The lowest BCUT2D eigenvalue weighted by atomic mass is 10.1. The molecule has 0 spiro atoms. The molecule has 0 aliphatic heterocycles. The van der Waals surface area contributed by atoms with Crippen molar-refractivity contribution in [2.75, 3.05) is 19.0 Å². The van der Waals surface area contributed by atoms with Gasteiger partial charge in [-0.2, -0.15) is 5.10 Å². The first-order valence-corrected chi connectivity index (χ1v) is 11.3. The number of nitrogens with zero attached hydrogens (tertiary/aromatic N) is 3. The summed E-state index contributed by atoms with van der Waals surface area (Å²) >= 11 is 5.77. The van der Waals surface area contributed by atoms with E-state index >= 15 is 0 Å². The summed E-state index contributed by atoms with van der Waals surface area (Å²) in [5.41, 5.74) is 3.50. The lowest BCUT2D eigenvalue weighted by Crippen LogP contribution is -2.19. The molecule has 0 saturated carbocycles. The Labute approximate surface area is 203 Å². The van der Waals surface area contributed by atoms with Gasteiger partial charge in [-0.1, -0.05) is 18.2 Å². The zero-order valence-corrected chi connectivity index (χ0v) is 20.1. The highest BCUT2D eigenvalue weighted by atomic mass is 32.1. The number of rotatable bonds is 8. The number of para-hydroxylation sites is 1. The minimum absolute atomic E-state index is 0.0198. The molecule has 0 fully saturated rings. The maximum absolute atomic E-state index is 12.8. The van der Waals surface area contributed by atoms with Crippen molar-refractivity contribution in [3.05, 3.63) is 83.1 Å². The van der Waals surface area contributed by atoms with Gasteiger partial charge in [0, 0.05) is 11.3 Å². The van der Waals surface area contributed by atoms with Gasteiger partial charge in [-0.15, -0.1) is 0 Å². The molecule has 0 atom stereocenters. The summed E-state index contributed by atoms with van der Waals surface area (Å²) in [5.74, 6) is 1.93. The molecule has 34 heavy (non-hydrogen) atoms. The summed E-state index contributed by atoms with van der Waals surface area (Å²) in [6.07, 6.45) is 0. The highest BCUT2D eigenvalue weighted by Gasteiger charge is 2.17. The van der Waals surface area contributed by atoms with Crippen LogP contribution in [0.4, 0.5) is 5.69 Å². The van der Waals surface area contributed by atoms with Crippen molar-refractivity contribution in [3.8, 4) is 28.6 Å². The van der Waals surface area contributed by atoms with Crippen LogP contribution in [0.1, 0.15) is 12.5 Å². The number of anilines is 1. The molecule has 0 radical (unpaired) electrons. The molecule has 0 saturated heterocycles. The second-order valence-electron chi connectivity index (χ2n) is 7.62. The molecule has 1 amide bonds. The van der Waals surface area contributed by atoms with Gasteiger partial charge in [0.05, 0.1) is 19.4 Å². The molecule has 0 unspecified atom stereocenters. The monoisotopic (exact) mass is 474 g/mol. The predicted molar refractivity (Wildman–Crippen MR) is 135 cm³/mol. The lowest BCUT2D eigenvalue weighted by molar-refractivity contribution is -0.116. The average molecular weight is 475 g/mol. The first kappa shape index (κ1) is 23.3. The Morgan fingerprint density at radius 3 is 2.32 bits per heavy atom. The molecule has 3 aromatic carbocycles. The molecule has 0 aliphatic rings. The Morgan fingerprint density at radius 1 is 1.00 bits per heavy atom. The van der Waals surface area contributed by atoms with Crippen LogP contribution in [-0.2, 0) is 11.3 Å². The van der Waals surface area contributed by atoms with E-state index in [2.05, 4.69) is 5.32 Å². The molecular formula is C26H26N4O3S. The van der Waals surface area contributed by atoms with E-state index in [1.165, 1.54) is 0 Å². The second-order valence-corrected chi connectivity index (χ2v) is 7.98. The molecule has 1 N–H and O–H groups in total. The van der Waals surface area contributed by atoms with E-state index < -0.39 is 0 Å². The highest BCUT2D eigenvalue weighted by Crippen LogP contribution is 2.26. The molecule has 174 valence electrons. The molecule has 1 aromatic heterocycles. The predicted octanol–water partition coefficient (Wildman–Crippen LogP) is 5.42. The normalized spacial score (nSPS) is 10.7. The number of hydrogen-bond acceptors (Lipinski definition) is 5. The molecule has 4 aromatic rings. The van der Waals surface area contributed by atoms with Gasteiger partial charge in [-0.3, -0.25) is 9.36 Å². The fraction of sp³-hybridized carbons (Fsp3) is 0.192. The first-order valence-electron chi connectivity index (χ1n) is 10.9. The van der Waals surface area contributed by atoms with Gasteiger partial charge in [-0.05, 0) is 86.2 Å². The maximum atomic E-state index is 12.8. The van der Waals surface area contributed by atoms with Crippen LogP contribution >= 0.6 is 12.2 Å². The van der Waals surface area contributed by atoms with E-state index in [1.807, 2.05) is 79.1 Å². The Kier molecular flexibility index (Phi) is 7.08. The summed E-state index contributed by atoms with van der Waals surface area (Å²) in [7, 11) is 1.63. The zero-order chi connectivity index (χ0) is 24.1. The number of aryl methyl sites for hydroxylation is 1. The number of aromatic nitrogens is 3. The Bertz CT molecular complexity index is 1340. The summed E-state index contributed by atoms with van der Waals surface area (Å²) in [6.45, 7) is 4.51. The number of hydrogen-bond donors (Lipinski definition) is 1.